The van der Waals surface area contributed by atoms with Crippen LogP contribution in [0, 0.1) is 11.8 Å². The average molecular weight is 183 g/mol. The van der Waals surface area contributed by atoms with Crippen molar-refractivity contribution in [3.63, 3.8) is 0 Å². The third kappa shape index (κ3) is 2.23. The van der Waals surface area contributed by atoms with Crippen molar-refractivity contribution in [2.75, 3.05) is 13.2 Å². The number of ether oxygens (including phenoxy) is 1. The van der Waals surface area contributed by atoms with Crippen LogP contribution in [0.15, 0.2) is 0 Å². The maximum atomic E-state index is 5.16. The van der Waals surface area contributed by atoms with Crippen LogP contribution in [0.4, 0.5) is 0 Å². The zero-order valence-corrected chi connectivity index (χ0v) is 8.75. The standard InChI is InChI=1S/C11H21NO/c1-8-3-4-10(5-9(8)2)12-11-6-13-7-11/h8-12H,3-7H2,1-2H3. The molecule has 76 valence electrons. The monoisotopic (exact) mass is 183 g/mol. The van der Waals surface area contributed by atoms with E-state index in [9.17, 15) is 0 Å². The minimum atomic E-state index is 0.658. The molecular weight excluding hydrogens is 162 g/mol. The van der Waals surface area contributed by atoms with Crippen LogP contribution in [0.1, 0.15) is 33.1 Å². The largest absolute Gasteiger partial charge is 0.378 e. The van der Waals surface area contributed by atoms with Crippen molar-refractivity contribution in [3.8, 4) is 0 Å². The van der Waals surface area contributed by atoms with Gasteiger partial charge < -0.3 is 10.1 Å². The van der Waals surface area contributed by atoms with Gasteiger partial charge in [0.1, 0.15) is 0 Å². The third-order valence-corrected chi connectivity index (χ3v) is 3.71. The summed E-state index contributed by atoms with van der Waals surface area (Å²) in [5.41, 5.74) is 0. The van der Waals surface area contributed by atoms with E-state index in [0.29, 0.717) is 6.04 Å². The van der Waals surface area contributed by atoms with Crippen LogP contribution in [-0.4, -0.2) is 25.3 Å². The Morgan fingerprint density at radius 2 is 1.77 bits per heavy atom. The van der Waals surface area contributed by atoms with Crippen LogP contribution in [0.2, 0.25) is 0 Å². The number of hydrogen-bond donors (Lipinski definition) is 1. The quantitative estimate of drug-likeness (QED) is 0.705. The Bertz CT molecular complexity index is 165. The van der Waals surface area contributed by atoms with E-state index < -0.39 is 0 Å². The normalized spacial score (nSPS) is 41.5. The second kappa shape index (κ2) is 3.97. The highest BCUT2D eigenvalue weighted by atomic mass is 16.5. The van der Waals surface area contributed by atoms with Crippen molar-refractivity contribution >= 4 is 0 Å². The second-order valence-electron chi connectivity index (χ2n) is 4.87. The van der Waals surface area contributed by atoms with Crippen molar-refractivity contribution in [1.29, 1.82) is 0 Å². The fraction of sp³-hybridized carbons (Fsp3) is 1.00. The maximum absolute atomic E-state index is 5.16. The van der Waals surface area contributed by atoms with Gasteiger partial charge in [0.2, 0.25) is 0 Å². The fourth-order valence-electron chi connectivity index (χ4n) is 2.36. The number of nitrogens with one attached hydrogen (secondary N) is 1. The summed E-state index contributed by atoms with van der Waals surface area (Å²) in [6.45, 7) is 6.63. The van der Waals surface area contributed by atoms with Crippen molar-refractivity contribution in [2.24, 2.45) is 11.8 Å². The zero-order chi connectivity index (χ0) is 9.26. The van der Waals surface area contributed by atoms with Crippen LogP contribution in [0.3, 0.4) is 0 Å². The van der Waals surface area contributed by atoms with E-state index in [1.54, 1.807) is 0 Å². The van der Waals surface area contributed by atoms with Gasteiger partial charge in [0, 0.05) is 6.04 Å². The van der Waals surface area contributed by atoms with Gasteiger partial charge >= 0.3 is 0 Å². The summed E-state index contributed by atoms with van der Waals surface area (Å²) in [4.78, 5) is 0. The molecule has 0 radical (unpaired) electrons. The molecule has 2 fully saturated rings. The van der Waals surface area contributed by atoms with Gasteiger partial charge in [-0.1, -0.05) is 13.8 Å². The molecule has 3 atom stereocenters. The van der Waals surface area contributed by atoms with Gasteiger partial charge in [-0.3, -0.25) is 0 Å². The lowest BCUT2D eigenvalue weighted by molar-refractivity contribution is -0.0141. The number of hydrogen-bond acceptors (Lipinski definition) is 2. The van der Waals surface area contributed by atoms with Gasteiger partial charge in [0.15, 0.2) is 0 Å². The lowest BCUT2D eigenvalue weighted by Gasteiger charge is -2.37. The highest BCUT2D eigenvalue weighted by Gasteiger charge is 2.28. The zero-order valence-electron chi connectivity index (χ0n) is 8.75. The molecule has 0 aromatic carbocycles. The first kappa shape index (κ1) is 9.47. The molecule has 0 spiro atoms. The Kier molecular flexibility index (Phi) is 2.89. The molecule has 0 bridgehead atoms. The molecule has 1 aliphatic heterocycles. The first-order valence-corrected chi connectivity index (χ1v) is 5.59. The van der Waals surface area contributed by atoms with Crippen LogP contribution in [0.25, 0.3) is 0 Å². The van der Waals surface area contributed by atoms with E-state index >= 15 is 0 Å². The minimum absolute atomic E-state index is 0.658. The van der Waals surface area contributed by atoms with Crippen LogP contribution in [0.5, 0.6) is 0 Å². The molecule has 13 heavy (non-hydrogen) atoms. The van der Waals surface area contributed by atoms with Gasteiger partial charge in [0.05, 0.1) is 19.3 Å². The van der Waals surface area contributed by atoms with Crippen molar-refractivity contribution in [2.45, 2.75) is 45.2 Å². The summed E-state index contributed by atoms with van der Waals surface area (Å²) in [6, 6.07) is 1.42. The average Bonchev–Trinajstić information content (AvgIpc) is 2.04. The van der Waals surface area contributed by atoms with E-state index in [-0.39, 0.29) is 0 Å². The molecule has 3 unspecified atom stereocenters. The van der Waals surface area contributed by atoms with E-state index in [1.807, 2.05) is 0 Å². The minimum Gasteiger partial charge on any atom is -0.378 e. The molecule has 2 heteroatoms. The lowest BCUT2D eigenvalue weighted by Crippen LogP contribution is -2.51. The highest BCUT2D eigenvalue weighted by molar-refractivity contribution is 4.84. The predicted octanol–water partition coefficient (Wildman–Crippen LogP) is 1.80. The second-order valence-corrected chi connectivity index (χ2v) is 4.87. The van der Waals surface area contributed by atoms with Crippen LogP contribution < -0.4 is 5.32 Å². The third-order valence-electron chi connectivity index (χ3n) is 3.71. The smallest absolute Gasteiger partial charge is 0.0643 e. The van der Waals surface area contributed by atoms with Gasteiger partial charge in [-0.15, -0.1) is 0 Å². The Hall–Kier alpha value is -0.0800. The first-order valence-electron chi connectivity index (χ1n) is 5.59. The van der Waals surface area contributed by atoms with Crippen LogP contribution >= 0.6 is 0 Å². The molecule has 1 saturated heterocycles. The first-order chi connectivity index (χ1) is 6.25. The molecule has 1 saturated carbocycles. The van der Waals surface area contributed by atoms with E-state index in [4.69, 9.17) is 4.74 Å². The summed E-state index contributed by atoms with van der Waals surface area (Å²) >= 11 is 0. The molecule has 2 aliphatic rings. The molecule has 1 aliphatic carbocycles. The van der Waals surface area contributed by atoms with Gasteiger partial charge in [0.25, 0.3) is 0 Å². The lowest BCUT2D eigenvalue weighted by atomic mass is 9.79. The van der Waals surface area contributed by atoms with E-state index in [1.165, 1.54) is 19.3 Å². The summed E-state index contributed by atoms with van der Waals surface area (Å²) in [7, 11) is 0. The summed E-state index contributed by atoms with van der Waals surface area (Å²) in [6.07, 6.45) is 4.12. The van der Waals surface area contributed by atoms with E-state index in [0.717, 1.165) is 31.1 Å². The molecule has 1 heterocycles. The SMILES string of the molecule is CC1CCC(NC2COC2)CC1C. The van der Waals surface area contributed by atoms with Gasteiger partial charge in [-0.25, -0.2) is 0 Å². The van der Waals surface area contributed by atoms with Gasteiger partial charge in [-0.2, -0.15) is 0 Å². The van der Waals surface area contributed by atoms with Crippen molar-refractivity contribution in [3.05, 3.63) is 0 Å². The molecule has 0 aromatic heterocycles. The Labute approximate surface area is 81.0 Å². The topological polar surface area (TPSA) is 21.3 Å². The summed E-state index contributed by atoms with van der Waals surface area (Å²) in [5, 5.41) is 3.68. The Morgan fingerprint density at radius 1 is 1.00 bits per heavy atom. The summed E-state index contributed by atoms with van der Waals surface area (Å²) < 4.78 is 5.16. The number of rotatable bonds is 2. The maximum Gasteiger partial charge on any atom is 0.0643 e. The van der Waals surface area contributed by atoms with Crippen LogP contribution in [-0.2, 0) is 4.74 Å². The highest BCUT2D eigenvalue weighted by Crippen LogP contribution is 2.29. The Balaban J connectivity index is 1.74. The van der Waals surface area contributed by atoms with Crippen molar-refractivity contribution < 1.29 is 4.74 Å². The van der Waals surface area contributed by atoms with Gasteiger partial charge in [-0.05, 0) is 31.1 Å². The Morgan fingerprint density at radius 3 is 2.31 bits per heavy atom. The van der Waals surface area contributed by atoms with E-state index in [2.05, 4.69) is 19.2 Å². The molecule has 0 aromatic rings. The summed E-state index contributed by atoms with van der Waals surface area (Å²) in [5.74, 6) is 1.82. The molecule has 2 nitrogen and oxygen atoms in total. The molecular formula is C11H21NO. The molecule has 2 rings (SSSR count). The fourth-order valence-corrected chi connectivity index (χ4v) is 2.36. The van der Waals surface area contributed by atoms with Crippen molar-refractivity contribution in [1.82, 2.24) is 5.32 Å². The molecule has 1 N–H and O–H groups in total. The predicted molar refractivity (Wildman–Crippen MR) is 53.7 cm³/mol. The molecule has 0 amide bonds.